The molecule has 21 heavy (non-hydrogen) atoms. The Labute approximate surface area is 126 Å². The van der Waals surface area contributed by atoms with E-state index >= 15 is 0 Å². The van der Waals surface area contributed by atoms with E-state index in [4.69, 9.17) is 5.73 Å². The largest absolute Gasteiger partial charge is 0.397 e. The molecule has 3 saturated heterocycles. The Hall–Kier alpha value is -1.75. The molecule has 3 aliphatic heterocycles. The zero-order valence-corrected chi connectivity index (χ0v) is 12.8. The van der Waals surface area contributed by atoms with Gasteiger partial charge in [-0.1, -0.05) is 0 Å². The van der Waals surface area contributed by atoms with Crippen LogP contribution in [-0.4, -0.2) is 55.5 Å². The average molecular weight is 288 g/mol. The van der Waals surface area contributed by atoms with Gasteiger partial charge in [-0.15, -0.1) is 0 Å². The van der Waals surface area contributed by atoms with Crippen molar-refractivity contribution in [1.29, 1.82) is 0 Å². The maximum absolute atomic E-state index is 11.9. The number of carbonyl (C=O) groups is 1. The molecule has 5 nitrogen and oxygen atoms in total. The molecule has 5 heteroatoms. The monoisotopic (exact) mass is 288 g/mol. The van der Waals surface area contributed by atoms with E-state index in [0.29, 0.717) is 17.3 Å². The van der Waals surface area contributed by atoms with E-state index in [1.807, 2.05) is 12.1 Å². The van der Waals surface area contributed by atoms with Crippen molar-refractivity contribution < 1.29 is 4.79 Å². The van der Waals surface area contributed by atoms with E-state index in [1.165, 1.54) is 25.9 Å². The van der Waals surface area contributed by atoms with Crippen molar-refractivity contribution in [2.24, 2.45) is 5.92 Å². The number of piperidine rings is 3. The molecule has 4 rings (SSSR count). The Morgan fingerprint density at radius 3 is 2.57 bits per heavy atom. The molecule has 0 saturated carbocycles. The summed E-state index contributed by atoms with van der Waals surface area (Å²) in [6.07, 6.45) is 2.55. The molecule has 1 atom stereocenters. The average Bonchev–Trinajstić information content (AvgIpc) is 2.49. The minimum Gasteiger partial charge on any atom is -0.397 e. The van der Waals surface area contributed by atoms with Crippen LogP contribution >= 0.6 is 0 Å². The Bertz CT molecular complexity index is 535. The van der Waals surface area contributed by atoms with Crippen LogP contribution in [0.25, 0.3) is 0 Å². The van der Waals surface area contributed by atoms with Gasteiger partial charge in [-0.05, 0) is 50.0 Å². The Morgan fingerprint density at radius 1 is 1.33 bits per heavy atom. The van der Waals surface area contributed by atoms with E-state index in [2.05, 4.69) is 10.2 Å². The SMILES string of the molecule is CN(C)C(=O)c1ccc(NC2CN3CCC2CC3)c(N)c1. The molecule has 3 fully saturated rings. The van der Waals surface area contributed by atoms with Crippen molar-refractivity contribution in [3.05, 3.63) is 23.8 Å². The number of nitrogens with two attached hydrogens (primary N) is 1. The molecular formula is C16H24N4O. The number of fused-ring (bicyclic) bond motifs is 3. The summed E-state index contributed by atoms with van der Waals surface area (Å²) in [6, 6.07) is 6.03. The van der Waals surface area contributed by atoms with E-state index in [-0.39, 0.29) is 5.91 Å². The molecule has 114 valence electrons. The topological polar surface area (TPSA) is 61.6 Å². The van der Waals surface area contributed by atoms with Gasteiger partial charge in [0.2, 0.25) is 0 Å². The van der Waals surface area contributed by atoms with Crippen LogP contribution < -0.4 is 11.1 Å². The lowest BCUT2D eigenvalue weighted by atomic mass is 9.84. The highest BCUT2D eigenvalue weighted by molar-refractivity contribution is 5.95. The third-order valence-corrected chi connectivity index (χ3v) is 4.70. The summed E-state index contributed by atoms with van der Waals surface area (Å²) in [5, 5.41) is 3.58. The zero-order valence-electron chi connectivity index (χ0n) is 12.8. The number of rotatable bonds is 3. The summed E-state index contributed by atoms with van der Waals surface area (Å²) < 4.78 is 0. The number of nitrogen functional groups attached to an aromatic ring is 1. The van der Waals surface area contributed by atoms with Gasteiger partial charge in [-0.2, -0.15) is 0 Å². The van der Waals surface area contributed by atoms with Gasteiger partial charge in [-0.25, -0.2) is 0 Å². The number of hydrogen-bond donors (Lipinski definition) is 2. The van der Waals surface area contributed by atoms with Crippen LogP contribution in [0.4, 0.5) is 11.4 Å². The molecular weight excluding hydrogens is 264 g/mol. The van der Waals surface area contributed by atoms with Crippen LogP contribution in [0.2, 0.25) is 0 Å². The smallest absolute Gasteiger partial charge is 0.253 e. The normalized spacial score (nSPS) is 27.4. The lowest BCUT2D eigenvalue weighted by molar-refractivity contribution is 0.0827. The van der Waals surface area contributed by atoms with Crippen LogP contribution in [0.5, 0.6) is 0 Å². The predicted molar refractivity (Wildman–Crippen MR) is 85.4 cm³/mol. The van der Waals surface area contributed by atoms with Gasteiger partial charge < -0.3 is 20.9 Å². The Morgan fingerprint density at radius 2 is 2.05 bits per heavy atom. The van der Waals surface area contributed by atoms with Crippen molar-refractivity contribution >= 4 is 17.3 Å². The van der Waals surface area contributed by atoms with Crippen molar-refractivity contribution in [3.63, 3.8) is 0 Å². The lowest BCUT2D eigenvalue weighted by Crippen LogP contribution is -2.53. The first kappa shape index (κ1) is 14.2. The highest BCUT2D eigenvalue weighted by atomic mass is 16.2. The maximum Gasteiger partial charge on any atom is 0.253 e. The quantitative estimate of drug-likeness (QED) is 0.827. The highest BCUT2D eigenvalue weighted by Crippen LogP contribution is 2.31. The van der Waals surface area contributed by atoms with Crippen molar-refractivity contribution in [1.82, 2.24) is 9.80 Å². The highest BCUT2D eigenvalue weighted by Gasteiger charge is 2.34. The van der Waals surface area contributed by atoms with Crippen LogP contribution in [0.1, 0.15) is 23.2 Å². The molecule has 1 aromatic rings. The predicted octanol–water partition coefficient (Wildman–Crippen LogP) is 1.48. The molecule has 0 aromatic heterocycles. The fraction of sp³-hybridized carbons (Fsp3) is 0.562. The van der Waals surface area contributed by atoms with E-state index in [0.717, 1.165) is 18.2 Å². The minimum atomic E-state index is -0.0175. The Balaban J connectivity index is 1.73. The van der Waals surface area contributed by atoms with Crippen molar-refractivity contribution in [2.45, 2.75) is 18.9 Å². The van der Waals surface area contributed by atoms with E-state index in [1.54, 1.807) is 25.1 Å². The first-order valence-corrected chi connectivity index (χ1v) is 7.64. The summed E-state index contributed by atoms with van der Waals surface area (Å²) in [7, 11) is 3.50. The van der Waals surface area contributed by atoms with Crippen LogP contribution in [0.15, 0.2) is 18.2 Å². The van der Waals surface area contributed by atoms with Crippen molar-refractivity contribution in [3.8, 4) is 0 Å². The van der Waals surface area contributed by atoms with Gasteiger partial charge in [0.05, 0.1) is 11.4 Å². The minimum absolute atomic E-state index is 0.0175. The fourth-order valence-corrected chi connectivity index (χ4v) is 3.41. The van der Waals surface area contributed by atoms with E-state index < -0.39 is 0 Å². The summed E-state index contributed by atoms with van der Waals surface area (Å²) in [6.45, 7) is 3.56. The molecule has 1 unspecified atom stereocenters. The lowest BCUT2D eigenvalue weighted by Gasteiger charge is -2.45. The van der Waals surface area contributed by atoms with Crippen LogP contribution in [0.3, 0.4) is 0 Å². The van der Waals surface area contributed by atoms with Crippen molar-refractivity contribution in [2.75, 3.05) is 44.8 Å². The Kier molecular flexibility index (Phi) is 3.76. The zero-order chi connectivity index (χ0) is 15.0. The first-order valence-electron chi connectivity index (χ1n) is 7.64. The van der Waals surface area contributed by atoms with Gasteiger partial charge in [0, 0.05) is 32.2 Å². The molecule has 1 amide bonds. The number of anilines is 2. The number of amides is 1. The first-order chi connectivity index (χ1) is 10.0. The summed E-state index contributed by atoms with van der Waals surface area (Å²) >= 11 is 0. The second-order valence-electron chi connectivity index (χ2n) is 6.39. The molecule has 0 spiro atoms. The molecule has 0 aliphatic carbocycles. The van der Waals surface area contributed by atoms with Gasteiger partial charge in [0.25, 0.3) is 5.91 Å². The van der Waals surface area contributed by atoms with Gasteiger partial charge >= 0.3 is 0 Å². The van der Waals surface area contributed by atoms with Crippen LogP contribution in [-0.2, 0) is 0 Å². The third-order valence-electron chi connectivity index (χ3n) is 4.70. The maximum atomic E-state index is 11.9. The van der Waals surface area contributed by atoms with E-state index in [9.17, 15) is 4.79 Å². The van der Waals surface area contributed by atoms with Gasteiger partial charge in [0.1, 0.15) is 0 Å². The molecule has 2 bridgehead atoms. The summed E-state index contributed by atoms with van der Waals surface area (Å²) in [5.74, 6) is 0.730. The molecule has 3 aliphatic rings. The molecule has 0 radical (unpaired) electrons. The molecule has 1 aromatic carbocycles. The standard InChI is InChI=1S/C16H24N4O/c1-19(2)16(21)12-3-4-14(13(17)9-12)18-15-10-20-7-5-11(15)6-8-20/h3-4,9,11,15,18H,5-8,10,17H2,1-2H3. The number of nitrogens with zero attached hydrogens (tertiary/aromatic N) is 2. The second kappa shape index (κ2) is 5.56. The number of carbonyl (C=O) groups excluding carboxylic acids is 1. The third kappa shape index (κ3) is 2.83. The van der Waals surface area contributed by atoms with Crippen LogP contribution in [0, 0.1) is 5.92 Å². The van der Waals surface area contributed by atoms with Gasteiger partial charge in [0.15, 0.2) is 0 Å². The number of nitrogens with one attached hydrogen (secondary N) is 1. The molecule has 3 N–H and O–H groups in total. The summed E-state index contributed by atoms with van der Waals surface area (Å²) in [4.78, 5) is 16.0. The number of hydrogen-bond acceptors (Lipinski definition) is 4. The fourth-order valence-electron chi connectivity index (χ4n) is 3.41. The number of benzene rings is 1. The second-order valence-corrected chi connectivity index (χ2v) is 6.39. The summed E-state index contributed by atoms with van der Waals surface area (Å²) in [5.41, 5.74) is 8.36. The van der Waals surface area contributed by atoms with Gasteiger partial charge in [-0.3, -0.25) is 4.79 Å². The molecule has 3 heterocycles.